The predicted molar refractivity (Wildman–Crippen MR) is 66.2 cm³/mol. The molecular weight excluding hydrogens is 236 g/mol. The molecule has 0 amide bonds. The highest BCUT2D eigenvalue weighted by Gasteiger charge is 2.21. The van der Waals surface area contributed by atoms with Crippen LogP contribution in [-0.4, -0.2) is 20.2 Å². The number of benzene rings is 1. The Labute approximate surface area is 100 Å². The molecule has 1 aromatic carbocycles. The Morgan fingerprint density at radius 3 is 2.76 bits per heavy atom. The molecule has 17 heavy (non-hydrogen) atoms. The molecule has 0 saturated heterocycles. The van der Waals surface area contributed by atoms with Crippen molar-refractivity contribution in [3.05, 3.63) is 40.8 Å². The number of rotatable bonds is 2. The molecule has 1 atom stereocenters. The van der Waals surface area contributed by atoms with E-state index >= 15 is 0 Å². The monoisotopic (exact) mass is 248 g/mol. The summed E-state index contributed by atoms with van der Waals surface area (Å²) >= 11 is 0. The molecule has 0 bridgehead atoms. The van der Waals surface area contributed by atoms with Gasteiger partial charge in [-0.15, -0.1) is 0 Å². The minimum atomic E-state index is -3.03. The third-order valence-corrected chi connectivity index (χ3v) is 4.02. The first-order valence-electron chi connectivity index (χ1n) is 5.18. The van der Waals surface area contributed by atoms with Gasteiger partial charge in [0.15, 0.2) is 9.84 Å². The molecule has 0 fully saturated rings. The van der Waals surface area contributed by atoms with Gasteiger partial charge in [-0.05, 0) is 30.7 Å². The van der Waals surface area contributed by atoms with E-state index in [1.54, 1.807) is 18.2 Å². The van der Waals surface area contributed by atoms with Gasteiger partial charge in [-0.1, -0.05) is 6.08 Å². The quantitative estimate of drug-likeness (QED) is 0.862. The Morgan fingerprint density at radius 1 is 1.47 bits per heavy atom. The van der Waals surface area contributed by atoms with Crippen LogP contribution in [0, 0.1) is 18.3 Å². The minimum absolute atomic E-state index is 0.0893. The highest BCUT2D eigenvalue weighted by molar-refractivity contribution is 7.94. The lowest BCUT2D eigenvalue weighted by Crippen LogP contribution is -2.20. The Balaban J connectivity index is 2.14. The van der Waals surface area contributed by atoms with Crippen molar-refractivity contribution < 1.29 is 8.42 Å². The second-order valence-electron chi connectivity index (χ2n) is 4.05. The van der Waals surface area contributed by atoms with Gasteiger partial charge in [0, 0.05) is 11.1 Å². The Hall–Kier alpha value is -1.80. The van der Waals surface area contributed by atoms with E-state index in [1.165, 1.54) is 5.41 Å². The van der Waals surface area contributed by atoms with Crippen LogP contribution in [0.25, 0.3) is 0 Å². The zero-order valence-corrected chi connectivity index (χ0v) is 10.2. The number of nitriles is 1. The largest absolute Gasteiger partial charge is 0.378 e. The third kappa shape index (κ3) is 2.66. The molecule has 0 saturated carbocycles. The molecule has 0 radical (unpaired) electrons. The average Bonchev–Trinajstić information content (AvgIpc) is 2.58. The summed E-state index contributed by atoms with van der Waals surface area (Å²) in [4.78, 5) is 0. The summed E-state index contributed by atoms with van der Waals surface area (Å²) in [5, 5.41) is 13.2. The summed E-state index contributed by atoms with van der Waals surface area (Å²) in [6, 6.07) is 7.26. The van der Waals surface area contributed by atoms with E-state index in [0.717, 1.165) is 11.3 Å². The van der Waals surface area contributed by atoms with Crippen molar-refractivity contribution in [3.8, 4) is 6.07 Å². The number of nitrogens with one attached hydrogen (secondary N) is 1. The molecule has 1 aromatic rings. The normalized spacial score (nSPS) is 21.1. The van der Waals surface area contributed by atoms with Gasteiger partial charge in [0.05, 0.1) is 23.4 Å². The van der Waals surface area contributed by atoms with Crippen molar-refractivity contribution in [1.29, 1.82) is 5.26 Å². The van der Waals surface area contributed by atoms with Crippen LogP contribution in [0.3, 0.4) is 0 Å². The van der Waals surface area contributed by atoms with Crippen LogP contribution < -0.4 is 5.32 Å². The number of aryl methyl sites for hydroxylation is 1. The molecular formula is C12H12N2O2S. The first kappa shape index (κ1) is 11.7. The van der Waals surface area contributed by atoms with Crippen LogP contribution >= 0.6 is 0 Å². The number of hydrogen-bond donors (Lipinski definition) is 1. The van der Waals surface area contributed by atoms with Crippen LogP contribution in [0.5, 0.6) is 0 Å². The van der Waals surface area contributed by atoms with Gasteiger partial charge in [0.25, 0.3) is 0 Å². The van der Waals surface area contributed by atoms with E-state index in [4.69, 9.17) is 5.26 Å². The lowest BCUT2D eigenvalue weighted by molar-refractivity contribution is 0.605. The fourth-order valence-electron chi connectivity index (χ4n) is 1.76. The van der Waals surface area contributed by atoms with Gasteiger partial charge < -0.3 is 5.32 Å². The molecule has 2 rings (SSSR count). The minimum Gasteiger partial charge on any atom is -0.378 e. The second-order valence-corrected chi connectivity index (χ2v) is 5.98. The Morgan fingerprint density at radius 2 is 2.24 bits per heavy atom. The molecule has 1 aliphatic heterocycles. The number of hydrogen-bond acceptors (Lipinski definition) is 4. The van der Waals surface area contributed by atoms with Gasteiger partial charge >= 0.3 is 0 Å². The highest BCUT2D eigenvalue weighted by Crippen LogP contribution is 2.18. The number of nitrogens with zero attached hydrogens (tertiary/aromatic N) is 1. The van der Waals surface area contributed by atoms with Crippen molar-refractivity contribution in [1.82, 2.24) is 0 Å². The van der Waals surface area contributed by atoms with E-state index in [2.05, 4.69) is 11.4 Å². The maximum Gasteiger partial charge on any atom is 0.173 e. The van der Waals surface area contributed by atoms with Crippen molar-refractivity contribution in [2.75, 3.05) is 11.1 Å². The van der Waals surface area contributed by atoms with Crippen LogP contribution in [0.1, 0.15) is 11.1 Å². The topological polar surface area (TPSA) is 70.0 Å². The zero-order valence-electron chi connectivity index (χ0n) is 9.34. The number of sulfone groups is 1. The van der Waals surface area contributed by atoms with Gasteiger partial charge in [0.1, 0.15) is 0 Å². The smallest absolute Gasteiger partial charge is 0.173 e. The van der Waals surface area contributed by atoms with Crippen LogP contribution in [0.2, 0.25) is 0 Å². The summed E-state index contributed by atoms with van der Waals surface area (Å²) < 4.78 is 22.5. The van der Waals surface area contributed by atoms with Gasteiger partial charge in [-0.3, -0.25) is 0 Å². The average molecular weight is 248 g/mol. The Kier molecular flexibility index (Phi) is 2.90. The molecule has 0 aliphatic carbocycles. The summed E-state index contributed by atoms with van der Waals surface area (Å²) in [6.45, 7) is 1.85. The van der Waals surface area contributed by atoms with Gasteiger partial charge in [-0.2, -0.15) is 5.26 Å². The van der Waals surface area contributed by atoms with Gasteiger partial charge in [0.2, 0.25) is 0 Å². The van der Waals surface area contributed by atoms with Crippen LogP contribution in [0.15, 0.2) is 29.7 Å². The molecule has 5 heteroatoms. The van der Waals surface area contributed by atoms with Gasteiger partial charge in [-0.25, -0.2) is 8.42 Å². The fraction of sp³-hybridized carbons (Fsp3) is 0.250. The fourth-order valence-corrected chi connectivity index (χ4v) is 2.99. The Bertz CT molecular complexity index is 612. The van der Waals surface area contributed by atoms with Crippen molar-refractivity contribution in [2.45, 2.75) is 13.0 Å². The zero-order chi connectivity index (χ0) is 12.5. The second kappa shape index (κ2) is 4.22. The lowest BCUT2D eigenvalue weighted by Gasteiger charge is -2.12. The predicted octanol–water partition coefficient (Wildman–Crippen LogP) is 1.59. The summed E-state index contributed by atoms with van der Waals surface area (Å²) in [7, 11) is -3.03. The molecule has 0 spiro atoms. The SMILES string of the molecule is Cc1cc(NC2C=CS(=O)(=O)C2)ccc1C#N. The maximum atomic E-state index is 11.2. The molecule has 1 heterocycles. The molecule has 88 valence electrons. The highest BCUT2D eigenvalue weighted by atomic mass is 32.2. The molecule has 1 aliphatic rings. The molecule has 0 aromatic heterocycles. The standard InChI is InChI=1S/C12H12N2O2S/c1-9-6-11(3-2-10(9)7-13)14-12-4-5-17(15,16)8-12/h2-6,12,14H,8H2,1H3. The first-order valence-corrected chi connectivity index (χ1v) is 6.90. The number of anilines is 1. The van der Waals surface area contributed by atoms with Crippen LogP contribution in [-0.2, 0) is 9.84 Å². The maximum absolute atomic E-state index is 11.2. The van der Waals surface area contributed by atoms with Crippen molar-refractivity contribution in [3.63, 3.8) is 0 Å². The summed E-state index contributed by atoms with van der Waals surface area (Å²) in [6.07, 6.45) is 1.64. The van der Waals surface area contributed by atoms with E-state index in [9.17, 15) is 8.42 Å². The molecule has 4 nitrogen and oxygen atoms in total. The molecule has 1 unspecified atom stereocenters. The summed E-state index contributed by atoms with van der Waals surface area (Å²) in [5.74, 6) is 0.0893. The molecule has 1 N–H and O–H groups in total. The lowest BCUT2D eigenvalue weighted by atomic mass is 10.1. The van der Waals surface area contributed by atoms with Crippen LogP contribution in [0.4, 0.5) is 5.69 Å². The van der Waals surface area contributed by atoms with E-state index in [1.807, 2.05) is 13.0 Å². The van der Waals surface area contributed by atoms with Crippen molar-refractivity contribution >= 4 is 15.5 Å². The van der Waals surface area contributed by atoms with E-state index < -0.39 is 9.84 Å². The first-order chi connectivity index (χ1) is 8.00. The van der Waals surface area contributed by atoms with Crippen molar-refractivity contribution in [2.24, 2.45) is 0 Å². The van der Waals surface area contributed by atoms with E-state index in [-0.39, 0.29) is 11.8 Å². The van der Waals surface area contributed by atoms with E-state index in [0.29, 0.717) is 5.56 Å². The summed E-state index contributed by atoms with van der Waals surface area (Å²) in [5.41, 5.74) is 2.33. The third-order valence-electron chi connectivity index (χ3n) is 2.63.